The van der Waals surface area contributed by atoms with Gasteiger partial charge in [0.15, 0.2) is 0 Å². The maximum Gasteiger partial charge on any atom is 0.142 e. The predicted octanol–water partition coefficient (Wildman–Crippen LogP) is 3.73. The lowest BCUT2D eigenvalue weighted by Gasteiger charge is -2.09. The van der Waals surface area contributed by atoms with Gasteiger partial charge in [0.1, 0.15) is 18.2 Å². The second-order valence-electron chi connectivity index (χ2n) is 4.89. The minimum Gasteiger partial charge on any atom is -0.487 e. The van der Waals surface area contributed by atoms with E-state index in [2.05, 4.69) is 4.98 Å². The number of hydrogen-bond donors (Lipinski definition) is 1. The molecule has 5 heteroatoms. The molecule has 0 fully saturated rings. The fourth-order valence-electron chi connectivity index (χ4n) is 1.83. The van der Waals surface area contributed by atoms with E-state index in [0.29, 0.717) is 11.3 Å². The first kappa shape index (κ1) is 15.7. The zero-order valence-corrected chi connectivity index (χ0v) is 12.6. The summed E-state index contributed by atoms with van der Waals surface area (Å²) in [5.41, 5.74) is 7.54. The van der Waals surface area contributed by atoms with Crippen LogP contribution in [-0.4, -0.2) is 11.0 Å². The molecule has 0 saturated carbocycles. The van der Waals surface area contributed by atoms with Gasteiger partial charge < -0.3 is 10.5 Å². The highest BCUT2D eigenvalue weighted by atomic mass is 35.5. The lowest BCUT2D eigenvalue weighted by molar-refractivity contribution is 0.304. The third-order valence-electron chi connectivity index (χ3n) is 3.18. The van der Waals surface area contributed by atoms with E-state index < -0.39 is 5.82 Å². The van der Waals surface area contributed by atoms with Crippen LogP contribution in [0.5, 0.6) is 5.75 Å². The number of rotatable bonds is 6. The highest BCUT2D eigenvalue weighted by Gasteiger charge is 2.04. The van der Waals surface area contributed by atoms with Crippen LogP contribution < -0.4 is 10.5 Å². The number of pyridine rings is 1. The van der Waals surface area contributed by atoms with Crippen LogP contribution in [0.3, 0.4) is 0 Å². The molecule has 0 aliphatic carbocycles. The smallest absolute Gasteiger partial charge is 0.142 e. The van der Waals surface area contributed by atoms with Gasteiger partial charge >= 0.3 is 0 Å². The van der Waals surface area contributed by atoms with E-state index >= 15 is 0 Å². The summed E-state index contributed by atoms with van der Waals surface area (Å²) >= 11 is 5.63. The lowest BCUT2D eigenvalue weighted by Crippen LogP contribution is -2.21. The SMILES string of the molecule is CCC(N)Cc1ccc(OCc2ccc(Cl)c(F)c2)cn1. The molecular formula is C16H18ClFN2O. The normalized spacial score (nSPS) is 12.2. The van der Waals surface area contributed by atoms with E-state index in [9.17, 15) is 4.39 Å². The van der Waals surface area contributed by atoms with Crippen molar-refractivity contribution in [2.45, 2.75) is 32.4 Å². The van der Waals surface area contributed by atoms with Gasteiger partial charge in [-0.25, -0.2) is 4.39 Å². The fraction of sp³-hybridized carbons (Fsp3) is 0.312. The van der Waals surface area contributed by atoms with Crippen molar-refractivity contribution in [3.05, 3.63) is 58.6 Å². The number of nitrogens with zero attached hydrogens (tertiary/aromatic N) is 1. The van der Waals surface area contributed by atoms with Crippen molar-refractivity contribution in [2.75, 3.05) is 0 Å². The van der Waals surface area contributed by atoms with Gasteiger partial charge in [0.25, 0.3) is 0 Å². The molecule has 0 amide bonds. The van der Waals surface area contributed by atoms with Crippen molar-refractivity contribution in [2.24, 2.45) is 5.73 Å². The molecular weight excluding hydrogens is 291 g/mol. The summed E-state index contributed by atoms with van der Waals surface area (Å²) in [6, 6.07) is 8.48. The van der Waals surface area contributed by atoms with Crippen molar-refractivity contribution >= 4 is 11.6 Å². The predicted molar refractivity (Wildman–Crippen MR) is 81.9 cm³/mol. The zero-order chi connectivity index (χ0) is 15.2. The first-order chi connectivity index (χ1) is 10.1. The molecule has 112 valence electrons. The maximum absolute atomic E-state index is 13.3. The number of aromatic nitrogens is 1. The van der Waals surface area contributed by atoms with Gasteiger partial charge in [-0.15, -0.1) is 0 Å². The fourth-order valence-corrected chi connectivity index (χ4v) is 1.94. The highest BCUT2D eigenvalue weighted by molar-refractivity contribution is 6.30. The second kappa shape index (κ2) is 7.38. The summed E-state index contributed by atoms with van der Waals surface area (Å²) in [6.45, 7) is 2.32. The Hall–Kier alpha value is -1.65. The lowest BCUT2D eigenvalue weighted by atomic mass is 10.1. The Kier molecular flexibility index (Phi) is 5.53. The summed E-state index contributed by atoms with van der Waals surface area (Å²) in [4.78, 5) is 4.31. The minimum absolute atomic E-state index is 0.108. The van der Waals surface area contributed by atoms with Crippen molar-refractivity contribution in [1.82, 2.24) is 4.98 Å². The standard InChI is InChI=1S/C16H18ClFN2O/c1-2-12(19)8-13-4-5-14(9-20-13)21-10-11-3-6-15(17)16(18)7-11/h3-7,9,12H,2,8,10,19H2,1H3. The Balaban J connectivity index is 1.92. The van der Waals surface area contributed by atoms with E-state index in [1.54, 1.807) is 12.3 Å². The average molecular weight is 309 g/mol. The van der Waals surface area contributed by atoms with E-state index in [1.807, 2.05) is 19.1 Å². The second-order valence-corrected chi connectivity index (χ2v) is 5.30. The molecule has 0 aliphatic heterocycles. The third-order valence-corrected chi connectivity index (χ3v) is 3.49. The summed E-state index contributed by atoms with van der Waals surface area (Å²) in [6.07, 6.45) is 3.32. The number of halogens is 2. The maximum atomic E-state index is 13.3. The van der Waals surface area contributed by atoms with Gasteiger partial charge in [-0.05, 0) is 36.2 Å². The molecule has 0 spiro atoms. The van der Waals surface area contributed by atoms with Gasteiger partial charge in [-0.1, -0.05) is 24.6 Å². The quantitative estimate of drug-likeness (QED) is 0.884. The first-order valence-corrected chi connectivity index (χ1v) is 7.23. The topological polar surface area (TPSA) is 48.1 Å². The van der Waals surface area contributed by atoms with Gasteiger partial charge in [0.2, 0.25) is 0 Å². The summed E-state index contributed by atoms with van der Waals surface area (Å²) in [7, 11) is 0. The van der Waals surface area contributed by atoms with Gasteiger partial charge in [0.05, 0.1) is 11.2 Å². The average Bonchev–Trinajstić information content (AvgIpc) is 2.50. The summed E-state index contributed by atoms with van der Waals surface area (Å²) in [5, 5.41) is 0.108. The van der Waals surface area contributed by atoms with Gasteiger partial charge in [-0.3, -0.25) is 4.98 Å². The molecule has 0 aliphatic rings. The van der Waals surface area contributed by atoms with Crippen LogP contribution in [0.1, 0.15) is 24.6 Å². The molecule has 1 unspecified atom stereocenters. The Morgan fingerprint density at radius 1 is 1.33 bits per heavy atom. The van der Waals surface area contributed by atoms with E-state index in [0.717, 1.165) is 18.5 Å². The van der Waals surface area contributed by atoms with Crippen molar-refractivity contribution in [3.8, 4) is 5.75 Å². The van der Waals surface area contributed by atoms with E-state index in [4.69, 9.17) is 22.1 Å². The van der Waals surface area contributed by atoms with Crippen LogP contribution in [0.15, 0.2) is 36.5 Å². The largest absolute Gasteiger partial charge is 0.487 e. The highest BCUT2D eigenvalue weighted by Crippen LogP contribution is 2.17. The van der Waals surface area contributed by atoms with Gasteiger partial charge in [-0.2, -0.15) is 0 Å². The molecule has 1 atom stereocenters. The molecule has 1 aromatic carbocycles. The Bertz CT molecular complexity index is 589. The third kappa shape index (κ3) is 4.69. The Labute approximate surface area is 128 Å². The number of nitrogens with two attached hydrogens (primary N) is 1. The molecule has 0 saturated heterocycles. The van der Waals surface area contributed by atoms with Crippen LogP contribution in [0.4, 0.5) is 4.39 Å². The Morgan fingerprint density at radius 2 is 2.14 bits per heavy atom. The van der Waals surface area contributed by atoms with Crippen LogP contribution in [0.25, 0.3) is 0 Å². The molecule has 1 aromatic heterocycles. The molecule has 2 rings (SSSR count). The van der Waals surface area contributed by atoms with Gasteiger partial charge in [0, 0.05) is 18.2 Å². The molecule has 0 bridgehead atoms. The van der Waals surface area contributed by atoms with Crippen molar-refractivity contribution in [3.63, 3.8) is 0 Å². The van der Waals surface area contributed by atoms with E-state index in [1.165, 1.54) is 12.1 Å². The van der Waals surface area contributed by atoms with Crippen LogP contribution in [-0.2, 0) is 13.0 Å². The molecule has 2 N–H and O–H groups in total. The molecule has 2 aromatic rings. The summed E-state index contributed by atoms with van der Waals surface area (Å²) in [5.74, 6) is 0.193. The molecule has 3 nitrogen and oxygen atoms in total. The number of hydrogen-bond acceptors (Lipinski definition) is 3. The number of benzene rings is 1. The van der Waals surface area contributed by atoms with Crippen molar-refractivity contribution < 1.29 is 9.13 Å². The minimum atomic E-state index is -0.445. The number of ether oxygens (including phenoxy) is 1. The first-order valence-electron chi connectivity index (χ1n) is 6.85. The monoisotopic (exact) mass is 308 g/mol. The van der Waals surface area contributed by atoms with Crippen molar-refractivity contribution in [1.29, 1.82) is 0 Å². The molecule has 21 heavy (non-hydrogen) atoms. The Morgan fingerprint density at radius 3 is 2.76 bits per heavy atom. The molecule has 0 radical (unpaired) electrons. The molecule has 1 heterocycles. The summed E-state index contributed by atoms with van der Waals surface area (Å²) < 4.78 is 18.9. The zero-order valence-electron chi connectivity index (χ0n) is 11.9. The van der Waals surface area contributed by atoms with Crippen LogP contribution in [0, 0.1) is 5.82 Å². The van der Waals surface area contributed by atoms with Crippen LogP contribution >= 0.6 is 11.6 Å². The van der Waals surface area contributed by atoms with Crippen LogP contribution in [0.2, 0.25) is 5.02 Å². The van der Waals surface area contributed by atoms with E-state index in [-0.39, 0.29) is 17.7 Å².